The normalized spacial score (nSPS) is 25.8. The van der Waals surface area contributed by atoms with Gasteiger partial charge in [-0.25, -0.2) is 0 Å². The third-order valence-electron chi connectivity index (χ3n) is 5.10. The van der Waals surface area contributed by atoms with Crippen molar-refractivity contribution >= 4 is 5.91 Å². The lowest BCUT2D eigenvalue weighted by Gasteiger charge is -2.30. The van der Waals surface area contributed by atoms with Crippen molar-refractivity contribution in [2.45, 2.75) is 46.2 Å². The maximum absolute atomic E-state index is 12.7. The summed E-state index contributed by atoms with van der Waals surface area (Å²) in [5, 5.41) is 3.41. The van der Waals surface area contributed by atoms with Crippen molar-refractivity contribution in [3.8, 4) is 0 Å². The van der Waals surface area contributed by atoms with Crippen LogP contribution in [0.1, 0.15) is 38.3 Å². The Balaban J connectivity index is 1.65. The highest BCUT2D eigenvalue weighted by Gasteiger charge is 2.36. The maximum atomic E-state index is 12.7. The van der Waals surface area contributed by atoms with Gasteiger partial charge >= 0.3 is 0 Å². The lowest BCUT2D eigenvalue weighted by Crippen LogP contribution is -2.49. The van der Waals surface area contributed by atoms with E-state index in [1.165, 1.54) is 11.1 Å². The molecule has 1 unspecified atom stereocenters. The Hall–Kier alpha value is -1.35. The van der Waals surface area contributed by atoms with Gasteiger partial charge < -0.3 is 10.2 Å². The first-order chi connectivity index (χ1) is 9.95. The van der Waals surface area contributed by atoms with Gasteiger partial charge in [-0.3, -0.25) is 4.79 Å². The van der Waals surface area contributed by atoms with Gasteiger partial charge in [0.1, 0.15) is 0 Å². The molecule has 2 heterocycles. The monoisotopic (exact) mass is 286 g/mol. The van der Waals surface area contributed by atoms with E-state index in [4.69, 9.17) is 0 Å². The molecule has 0 radical (unpaired) electrons. The third-order valence-corrected chi connectivity index (χ3v) is 5.10. The number of rotatable bonds is 1. The molecule has 0 bridgehead atoms. The molecule has 1 N–H and O–H groups in total. The minimum atomic E-state index is -0.0429. The summed E-state index contributed by atoms with van der Waals surface area (Å²) in [7, 11) is 0. The molecule has 114 valence electrons. The van der Waals surface area contributed by atoms with Crippen LogP contribution >= 0.6 is 0 Å². The number of hydrogen-bond donors (Lipinski definition) is 1. The summed E-state index contributed by atoms with van der Waals surface area (Å²) in [6.07, 6.45) is 1.96. The maximum Gasteiger partial charge on any atom is 0.240 e. The summed E-state index contributed by atoms with van der Waals surface area (Å²) in [6.45, 7) is 9.48. The van der Waals surface area contributed by atoms with Crippen molar-refractivity contribution in [1.82, 2.24) is 10.2 Å². The highest BCUT2D eigenvalue weighted by Crippen LogP contribution is 2.34. The number of amides is 1. The van der Waals surface area contributed by atoms with Gasteiger partial charge in [-0.15, -0.1) is 0 Å². The van der Waals surface area contributed by atoms with Crippen LogP contribution in [0.2, 0.25) is 0 Å². The first kappa shape index (κ1) is 14.6. The second-order valence-corrected chi connectivity index (χ2v) is 7.54. The van der Waals surface area contributed by atoms with E-state index in [-0.39, 0.29) is 11.9 Å². The summed E-state index contributed by atoms with van der Waals surface area (Å²) in [6, 6.07) is 8.39. The predicted molar refractivity (Wildman–Crippen MR) is 84.9 cm³/mol. The van der Waals surface area contributed by atoms with E-state index in [0.29, 0.717) is 11.3 Å². The molecule has 1 aromatic rings. The second kappa shape index (κ2) is 5.45. The number of nitrogens with one attached hydrogen (secondary N) is 1. The van der Waals surface area contributed by atoms with Crippen molar-refractivity contribution in [1.29, 1.82) is 0 Å². The Labute approximate surface area is 127 Å². The number of carbonyl (C=O) groups is 1. The molecule has 3 rings (SSSR count). The zero-order valence-electron chi connectivity index (χ0n) is 13.4. The van der Waals surface area contributed by atoms with Gasteiger partial charge in [-0.05, 0) is 35.3 Å². The van der Waals surface area contributed by atoms with Crippen LogP contribution in [0.15, 0.2) is 24.3 Å². The van der Waals surface area contributed by atoms with Crippen molar-refractivity contribution in [2.75, 3.05) is 13.1 Å². The SMILES string of the molecule is CC(C)(C)C1CCN(C(=O)[C@H]2Cc3ccccc3CN2)C1. The van der Waals surface area contributed by atoms with E-state index in [0.717, 1.165) is 32.5 Å². The second-order valence-electron chi connectivity index (χ2n) is 7.54. The van der Waals surface area contributed by atoms with Gasteiger partial charge in [0.2, 0.25) is 5.91 Å². The molecule has 21 heavy (non-hydrogen) atoms. The van der Waals surface area contributed by atoms with Crippen LogP contribution in [0.3, 0.4) is 0 Å². The Morgan fingerprint density at radius 2 is 1.95 bits per heavy atom. The Bertz CT molecular complexity index is 532. The molecule has 1 fully saturated rings. The zero-order valence-corrected chi connectivity index (χ0v) is 13.4. The van der Waals surface area contributed by atoms with Gasteiger partial charge in [-0.1, -0.05) is 45.0 Å². The van der Waals surface area contributed by atoms with Gasteiger partial charge in [0, 0.05) is 19.6 Å². The third kappa shape index (κ3) is 2.98. The Morgan fingerprint density at radius 3 is 2.62 bits per heavy atom. The van der Waals surface area contributed by atoms with E-state index >= 15 is 0 Å². The molecular formula is C18H26N2O. The summed E-state index contributed by atoms with van der Waals surface area (Å²) >= 11 is 0. The molecule has 0 aliphatic carbocycles. The van der Waals surface area contributed by atoms with Crippen LogP contribution in [0, 0.1) is 11.3 Å². The molecule has 2 aliphatic heterocycles. The molecule has 3 nitrogen and oxygen atoms in total. The van der Waals surface area contributed by atoms with Crippen LogP contribution in [0.4, 0.5) is 0 Å². The molecule has 2 aliphatic rings. The zero-order chi connectivity index (χ0) is 15.0. The lowest BCUT2D eigenvalue weighted by molar-refractivity contribution is -0.132. The first-order valence-corrected chi connectivity index (χ1v) is 8.04. The van der Waals surface area contributed by atoms with E-state index in [2.05, 4.69) is 55.3 Å². The summed E-state index contributed by atoms with van der Waals surface area (Å²) in [5.41, 5.74) is 2.94. The van der Waals surface area contributed by atoms with Crippen LogP contribution in [-0.2, 0) is 17.8 Å². The Morgan fingerprint density at radius 1 is 1.24 bits per heavy atom. The fraction of sp³-hybridized carbons (Fsp3) is 0.611. The van der Waals surface area contributed by atoms with Gasteiger partial charge in [0.05, 0.1) is 6.04 Å². The van der Waals surface area contributed by atoms with Crippen molar-refractivity contribution in [3.05, 3.63) is 35.4 Å². The highest BCUT2D eigenvalue weighted by atomic mass is 16.2. The van der Waals surface area contributed by atoms with Crippen LogP contribution < -0.4 is 5.32 Å². The lowest BCUT2D eigenvalue weighted by atomic mass is 9.80. The van der Waals surface area contributed by atoms with Gasteiger partial charge in [0.15, 0.2) is 0 Å². The Kier molecular flexibility index (Phi) is 3.78. The molecule has 0 aromatic heterocycles. The van der Waals surface area contributed by atoms with Crippen molar-refractivity contribution in [3.63, 3.8) is 0 Å². The molecule has 0 spiro atoms. The largest absolute Gasteiger partial charge is 0.341 e. The molecule has 1 aromatic carbocycles. The van der Waals surface area contributed by atoms with Gasteiger partial charge in [0.25, 0.3) is 0 Å². The fourth-order valence-electron chi connectivity index (χ4n) is 3.52. The average Bonchev–Trinajstić information content (AvgIpc) is 2.96. The number of hydrogen-bond acceptors (Lipinski definition) is 2. The van der Waals surface area contributed by atoms with Crippen LogP contribution in [0.25, 0.3) is 0 Å². The summed E-state index contributed by atoms with van der Waals surface area (Å²) < 4.78 is 0. The number of carbonyl (C=O) groups excluding carboxylic acids is 1. The highest BCUT2D eigenvalue weighted by molar-refractivity contribution is 5.83. The minimum Gasteiger partial charge on any atom is -0.341 e. The van der Waals surface area contributed by atoms with Crippen LogP contribution in [-0.4, -0.2) is 29.9 Å². The number of likely N-dealkylation sites (tertiary alicyclic amines) is 1. The smallest absolute Gasteiger partial charge is 0.240 e. The topological polar surface area (TPSA) is 32.3 Å². The van der Waals surface area contributed by atoms with E-state index in [1.807, 2.05) is 0 Å². The quantitative estimate of drug-likeness (QED) is 0.860. The number of nitrogens with zero attached hydrogens (tertiary/aromatic N) is 1. The average molecular weight is 286 g/mol. The molecule has 0 saturated carbocycles. The first-order valence-electron chi connectivity index (χ1n) is 8.04. The number of fused-ring (bicyclic) bond motifs is 1. The molecule has 1 saturated heterocycles. The molecule has 2 atom stereocenters. The van der Waals surface area contributed by atoms with E-state index < -0.39 is 0 Å². The summed E-state index contributed by atoms with van der Waals surface area (Å²) in [4.78, 5) is 14.8. The summed E-state index contributed by atoms with van der Waals surface area (Å²) in [5.74, 6) is 0.911. The van der Waals surface area contributed by atoms with E-state index in [9.17, 15) is 4.79 Å². The predicted octanol–water partition coefficient (Wildman–Crippen LogP) is 2.60. The molecule has 3 heteroatoms. The van der Waals surface area contributed by atoms with Gasteiger partial charge in [-0.2, -0.15) is 0 Å². The molecule has 1 amide bonds. The number of benzene rings is 1. The minimum absolute atomic E-state index is 0.0429. The van der Waals surface area contributed by atoms with E-state index in [1.54, 1.807) is 0 Å². The van der Waals surface area contributed by atoms with Crippen molar-refractivity contribution in [2.24, 2.45) is 11.3 Å². The fourth-order valence-corrected chi connectivity index (χ4v) is 3.52. The molecular weight excluding hydrogens is 260 g/mol. The van der Waals surface area contributed by atoms with Crippen molar-refractivity contribution < 1.29 is 4.79 Å². The van der Waals surface area contributed by atoms with Crippen LogP contribution in [0.5, 0.6) is 0 Å². The standard InChI is InChI=1S/C18H26N2O/c1-18(2,3)15-8-9-20(12-15)17(21)16-10-13-6-4-5-7-14(13)11-19-16/h4-7,15-16,19H,8-12H2,1-3H3/t15?,16-/m1/s1.